The van der Waals surface area contributed by atoms with E-state index in [1.165, 1.54) is 16.2 Å². The van der Waals surface area contributed by atoms with Gasteiger partial charge in [0.05, 0.1) is 16.8 Å². The first-order chi connectivity index (χ1) is 12.6. The van der Waals surface area contributed by atoms with Gasteiger partial charge in [0.15, 0.2) is 5.65 Å². The monoisotopic (exact) mass is 369 g/mol. The number of fused-ring (bicyclic) bond motifs is 1. The molecule has 1 fully saturated rings. The molecule has 0 aromatic carbocycles. The molecule has 0 N–H and O–H groups in total. The summed E-state index contributed by atoms with van der Waals surface area (Å²) in [5.74, 6) is 0.133. The maximum Gasteiger partial charge on any atom is 0.263 e. The summed E-state index contributed by atoms with van der Waals surface area (Å²) in [6, 6.07) is 5.68. The smallest absolute Gasteiger partial charge is 0.263 e. The van der Waals surface area contributed by atoms with Gasteiger partial charge < -0.3 is 9.80 Å². The molecule has 1 saturated heterocycles. The first kappa shape index (κ1) is 16.7. The Morgan fingerprint density at radius 1 is 1.31 bits per heavy atom. The number of carbonyl (C=O) groups excluding carboxylic acids is 2. The van der Waals surface area contributed by atoms with Gasteiger partial charge in [0.2, 0.25) is 0 Å². The molecule has 0 saturated carbocycles. The summed E-state index contributed by atoms with van der Waals surface area (Å²) in [5.41, 5.74) is 2.03. The van der Waals surface area contributed by atoms with Crippen LogP contribution in [0, 0.1) is 0 Å². The average molecular weight is 369 g/mol. The second-order valence-corrected chi connectivity index (χ2v) is 7.52. The molecule has 26 heavy (non-hydrogen) atoms. The summed E-state index contributed by atoms with van der Waals surface area (Å²) in [4.78, 5) is 33.4. The molecule has 4 rings (SSSR count). The van der Waals surface area contributed by atoms with Crippen molar-refractivity contribution in [1.29, 1.82) is 0 Å². The minimum absolute atomic E-state index is 0.0803. The molecule has 1 aliphatic rings. The number of aromatic nitrogens is 3. The Morgan fingerprint density at radius 2 is 2.15 bits per heavy atom. The molecule has 0 radical (unpaired) electrons. The van der Waals surface area contributed by atoms with Crippen LogP contribution in [0.5, 0.6) is 0 Å². The molecule has 3 aromatic rings. The number of hydrogen-bond acceptors (Lipinski definition) is 5. The highest BCUT2D eigenvalue weighted by Crippen LogP contribution is 2.29. The van der Waals surface area contributed by atoms with E-state index in [1.807, 2.05) is 28.5 Å². The Bertz CT molecular complexity index is 963. The Labute approximate surface area is 154 Å². The molecule has 0 aliphatic carbocycles. The summed E-state index contributed by atoms with van der Waals surface area (Å²) in [7, 11) is 3.42. The Kier molecular flexibility index (Phi) is 4.20. The lowest BCUT2D eigenvalue weighted by Crippen LogP contribution is -2.28. The van der Waals surface area contributed by atoms with Crippen LogP contribution in [0.3, 0.4) is 0 Å². The number of rotatable bonds is 3. The van der Waals surface area contributed by atoms with Crippen LogP contribution in [0.2, 0.25) is 0 Å². The average Bonchev–Trinajstić information content (AvgIpc) is 3.40. The van der Waals surface area contributed by atoms with Crippen molar-refractivity contribution < 1.29 is 9.59 Å². The maximum absolute atomic E-state index is 12.6. The van der Waals surface area contributed by atoms with Crippen LogP contribution in [0.1, 0.15) is 38.1 Å². The second-order valence-electron chi connectivity index (χ2n) is 6.58. The van der Waals surface area contributed by atoms with Gasteiger partial charge in [0.1, 0.15) is 5.56 Å². The van der Waals surface area contributed by atoms with Crippen LogP contribution < -0.4 is 0 Å². The second kappa shape index (κ2) is 6.53. The van der Waals surface area contributed by atoms with E-state index in [2.05, 4.69) is 10.1 Å². The molecule has 2 amide bonds. The number of nitrogens with zero attached hydrogens (tertiary/aromatic N) is 5. The third-order valence-corrected chi connectivity index (χ3v) is 5.55. The van der Waals surface area contributed by atoms with Crippen molar-refractivity contribution in [3.63, 3.8) is 0 Å². The van der Waals surface area contributed by atoms with E-state index < -0.39 is 0 Å². The number of amides is 2. The maximum atomic E-state index is 12.6. The van der Waals surface area contributed by atoms with E-state index >= 15 is 0 Å². The molecule has 0 spiro atoms. The summed E-state index contributed by atoms with van der Waals surface area (Å²) in [6.45, 7) is 1.36. The fourth-order valence-electron chi connectivity index (χ4n) is 3.35. The lowest BCUT2D eigenvalue weighted by molar-refractivity contribution is 0.0794. The SMILES string of the molecule is CN(C)C(=O)c1cnn2c([C@H]3CCN(C(=O)c4cccs4)C3)ccnc12. The summed E-state index contributed by atoms with van der Waals surface area (Å²) in [5, 5.41) is 6.31. The van der Waals surface area contributed by atoms with Gasteiger partial charge in [-0.05, 0) is 23.9 Å². The lowest BCUT2D eigenvalue weighted by Gasteiger charge is -2.16. The molecule has 3 aromatic heterocycles. The molecule has 0 unspecified atom stereocenters. The van der Waals surface area contributed by atoms with Gasteiger partial charge >= 0.3 is 0 Å². The highest BCUT2D eigenvalue weighted by atomic mass is 32.1. The molecule has 8 heteroatoms. The highest BCUT2D eigenvalue weighted by molar-refractivity contribution is 7.12. The topological polar surface area (TPSA) is 70.8 Å². The van der Waals surface area contributed by atoms with Gasteiger partial charge in [-0.25, -0.2) is 9.50 Å². The standard InChI is InChI=1S/C18H19N5O2S/c1-21(2)17(24)13-10-20-23-14(5-7-19-16(13)23)12-6-8-22(11-12)18(25)15-4-3-9-26-15/h3-5,7,9-10,12H,6,8,11H2,1-2H3/t12-/m0/s1. The molecular weight excluding hydrogens is 350 g/mol. The van der Waals surface area contributed by atoms with Gasteiger partial charge in [-0.2, -0.15) is 5.10 Å². The van der Waals surface area contributed by atoms with Crippen molar-refractivity contribution in [2.45, 2.75) is 12.3 Å². The number of likely N-dealkylation sites (tertiary alicyclic amines) is 1. The van der Waals surface area contributed by atoms with E-state index in [0.717, 1.165) is 23.5 Å². The van der Waals surface area contributed by atoms with Crippen molar-refractivity contribution in [1.82, 2.24) is 24.4 Å². The Morgan fingerprint density at radius 3 is 2.88 bits per heavy atom. The molecule has 1 atom stereocenters. The Balaban J connectivity index is 1.62. The van der Waals surface area contributed by atoms with Gasteiger partial charge in [-0.3, -0.25) is 9.59 Å². The van der Waals surface area contributed by atoms with Crippen LogP contribution >= 0.6 is 11.3 Å². The van der Waals surface area contributed by atoms with Crippen molar-refractivity contribution in [2.24, 2.45) is 0 Å². The van der Waals surface area contributed by atoms with Crippen LogP contribution in [0.25, 0.3) is 5.65 Å². The minimum atomic E-state index is -0.120. The fraction of sp³-hybridized carbons (Fsp3) is 0.333. The first-order valence-electron chi connectivity index (χ1n) is 8.43. The molecule has 134 valence electrons. The van der Waals surface area contributed by atoms with Crippen molar-refractivity contribution in [3.05, 3.63) is 52.1 Å². The number of hydrogen-bond donors (Lipinski definition) is 0. The normalized spacial score (nSPS) is 17.0. The third kappa shape index (κ3) is 2.76. The van der Waals surface area contributed by atoms with Gasteiger partial charge in [0, 0.05) is 39.3 Å². The zero-order valence-corrected chi connectivity index (χ0v) is 15.4. The van der Waals surface area contributed by atoms with E-state index in [4.69, 9.17) is 0 Å². The van der Waals surface area contributed by atoms with Crippen LogP contribution in [-0.2, 0) is 0 Å². The minimum Gasteiger partial charge on any atom is -0.345 e. The van der Waals surface area contributed by atoms with Gasteiger partial charge in [-0.15, -0.1) is 11.3 Å². The molecule has 0 bridgehead atoms. The first-order valence-corrected chi connectivity index (χ1v) is 9.31. The quantitative estimate of drug-likeness (QED) is 0.709. The van der Waals surface area contributed by atoms with Crippen molar-refractivity contribution in [3.8, 4) is 0 Å². The Hall–Kier alpha value is -2.74. The molecule has 1 aliphatic heterocycles. The lowest BCUT2D eigenvalue weighted by atomic mass is 10.0. The summed E-state index contributed by atoms with van der Waals surface area (Å²) < 4.78 is 1.74. The fourth-order valence-corrected chi connectivity index (χ4v) is 4.04. The van der Waals surface area contributed by atoms with Gasteiger partial charge in [-0.1, -0.05) is 6.07 Å². The molecule has 7 nitrogen and oxygen atoms in total. The summed E-state index contributed by atoms with van der Waals surface area (Å²) >= 11 is 1.47. The van der Waals surface area contributed by atoms with E-state index in [0.29, 0.717) is 17.8 Å². The predicted octanol–water partition coefficient (Wildman–Crippen LogP) is 2.12. The summed E-state index contributed by atoms with van der Waals surface area (Å²) in [6.07, 6.45) is 4.15. The largest absolute Gasteiger partial charge is 0.345 e. The van der Waals surface area contributed by atoms with E-state index in [1.54, 1.807) is 31.0 Å². The van der Waals surface area contributed by atoms with E-state index in [9.17, 15) is 9.59 Å². The van der Waals surface area contributed by atoms with Crippen molar-refractivity contribution in [2.75, 3.05) is 27.2 Å². The number of carbonyl (C=O) groups is 2. The molecule has 4 heterocycles. The predicted molar refractivity (Wildman–Crippen MR) is 98.6 cm³/mol. The van der Waals surface area contributed by atoms with Crippen molar-refractivity contribution >= 4 is 28.8 Å². The highest BCUT2D eigenvalue weighted by Gasteiger charge is 2.30. The zero-order chi connectivity index (χ0) is 18.3. The van der Waals surface area contributed by atoms with Crippen LogP contribution in [0.4, 0.5) is 0 Å². The molecular formula is C18H19N5O2S. The zero-order valence-electron chi connectivity index (χ0n) is 14.6. The third-order valence-electron chi connectivity index (χ3n) is 4.69. The number of thiophene rings is 1. The van der Waals surface area contributed by atoms with Crippen LogP contribution in [-0.4, -0.2) is 63.4 Å². The van der Waals surface area contributed by atoms with Crippen LogP contribution in [0.15, 0.2) is 36.0 Å². The van der Waals surface area contributed by atoms with E-state index in [-0.39, 0.29) is 17.7 Å². The van der Waals surface area contributed by atoms with Gasteiger partial charge in [0.25, 0.3) is 11.8 Å².